The van der Waals surface area contributed by atoms with Crippen LogP contribution < -0.4 is 29.1 Å². The summed E-state index contributed by atoms with van der Waals surface area (Å²) in [7, 11) is 3.11. The van der Waals surface area contributed by atoms with Gasteiger partial charge in [0.15, 0.2) is 16.3 Å². The van der Waals surface area contributed by atoms with Crippen LogP contribution in [0.1, 0.15) is 29.7 Å². The molecule has 0 saturated carbocycles. The van der Waals surface area contributed by atoms with Crippen molar-refractivity contribution in [1.82, 2.24) is 4.57 Å². The summed E-state index contributed by atoms with van der Waals surface area (Å²) in [6.07, 6.45) is 7.11. The Kier molecular flexibility index (Phi) is 9.14. The molecule has 0 N–H and O–H groups in total. The second-order valence-corrected chi connectivity index (χ2v) is 11.1. The first-order chi connectivity index (χ1) is 20.9. The van der Waals surface area contributed by atoms with E-state index in [4.69, 9.17) is 30.4 Å². The van der Waals surface area contributed by atoms with Crippen molar-refractivity contribution in [3.05, 3.63) is 113 Å². The quantitative estimate of drug-likeness (QED) is 0.191. The minimum absolute atomic E-state index is 0.0742. The van der Waals surface area contributed by atoms with Gasteiger partial charge in [0, 0.05) is 5.56 Å². The molecule has 5 rings (SSSR count). The van der Waals surface area contributed by atoms with Crippen molar-refractivity contribution in [1.29, 1.82) is 0 Å². The van der Waals surface area contributed by atoms with Gasteiger partial charge in [-0.15, -0.1) is 6.42 Å². The maximum atomic E-state index is 14.1. The number of esters is 1. The monoisotopic (exact) mass is 658 g/mol. The Morgan fingerprint density at radius 3 is 2.51 bits per heavy atom. The number of ether oxygens (including phenoxy) is 4. The molecule has 0 fully saturated rings. The van der Waals surface area contributed by atoms with Crippen molar-refractivity contribution in [2.24, 2.45) is 4.99 Å². The summed E-state index contributed by atoms with van der Waals surface area (Å²) in [5.74, 6) is 3.46. The Morgan fingerprint density at radius 1 is 1.12 bits per heavy atom. The average molecular weight is 660 g/mol. The molecule has 1 aliphatic heterocycles. The molecule has 0 aliphatic carbocycles. The van der Waals surface area contributed by atoms with Crippen LogP contribution in [-0.4, -0.2) is 38.0 Å². The number of benzene rings is 3. The van der Waals surface area contributed by atoms with Crippen molar-refractivity contribution in [2.75, 3.05) is 27.4 Å². The highest BCUT2D eigenvalue weighted by Crippen LogP contribution is 2.38. The lowest BCUT2D eigenvalue weighted by atomic mass is 9.93. The van der Waals surface area contributed by atoms with Crippen LogP contribution in [0, 0.1) is 12.3 Å². The highest BCUT2D eigenvalue weighted by atomic mass is 79.9. The summed E-state index contributed by atoms with van der Waals surface area (Å²) in [6.45, 7) is 1.99. The van der Waals surface area contributed by atoms with Crippen molar-refractivity contribution >= 4 is 45.0 Å². The zero-order valence-electron chi connectivity index (χ0n) is 23.6. The van der Waals surface area contributed by atoms with Gasteiger partial charge in [0.05, 0.1) is 47.1 Å². The molecule has 10 heteroatoms. The van der Waals surface area contributed by atoms with Gasteiger partial charge in [0.25, 0.3) is 5.56 Å². The molecule has 1 atom stereocenters. The number of terminal acetylenes is 1. The van der Waals surface area contributed by atoms with Gasteiger partial charge in [-0.05, 0) is 64.3 Å². The second-order valence-electron chi connectivity index (χ2n) is 9.23. The van der Waals surface area contributed by atoms with E-state index in [1.54, 1.807) is 42.9 Å². The Hall–Kier alpha value is -4.59. The van der Waals surface area contributed by atoms with Crippen molar-refractivity contribution < 1.29 is 23.7 Å². The van der Waals surface area contributed by atoms with Crippen LogP contribution in [0.3, 0.4) is 0 Å². The lowest BCUT2D eigenvalue weighted by molar-refractivity contribution is -0.138. The van der Waals surface area contributed by atoms with Crippen LogP contribution in [0.15, 0.2) is 86.6 Å². The molecule has 1 aromatic heterocycles. The summed E-state index contributed by atoms with van der Waals surface area (Å²) in [4.78, 5) is 33.1. The number of fused-ring (bicyclic) bond motifs is 1. The number of carbonyl (C=O) groups excluding carboxylic acids is 1. The van der Waals surface area contributed by atoms with Gasteiger partial charge in [-0.1, -0.05) is 59.7 Å². The largest absolute Gasteiger partial charge is 0.497 e. The highest BCUT2D eigenvalue weighted by molar-refractivity contribution is 9.10. The van der Waals surface area contributed by atoms with E-state index in [0.717, 1.165) is 5.56 Å². The van der Waals surface area contributed by atoms with Gasteiger partial charge < -0.3 is 18.9 Å². The Balaban J connectivity index is 1.77. The van der Waals surface area contributed by atoms with Crippen LogP contribution in [0.4, 0.5) is 0 Å². The number of aromatic nitrogens is 1. The van der Waals surface area contributed by atoms with E-state index in [1.807, 2.05) is 48.5 Å². The van der Waals surface area contributed by atoms with Crippen molar-refractivity contribution in [3.8, 4) is 29.6 Å². The third-order valence-corrected chi connectivity index (χ3v) is 8.23. The third kappa shape index (κ3) is 6.00. The van der Waals surface area contributed by atoms with Crippen LogP contribution in [-0.2, 0) is 9.53 Å². The van der Waals surface area contributed by atoms with Gasteiger partial charge >= 0.3 is 5.97 Å². The van der Waals surface area contributed by atoms with E-state index >= 15 is 0 Å². The molecule has 3 aromatic carbocycles. The molecule has 0 bridgehead atoms. The molecular weight excluding hydrogens is 632 g/mol. The molecule has 1 aliphatic rings. The normalized spacial score (nSPS) is 14.4. The lowest BCUT2D eigenvalue weighted by Gasteiger charge is -2.26. The fourth-order valence-corrected chi connectivity index (χ4v) is 6.35. The van der Waals surface area contributed by atoms with Gasteiger partial charge in [-0.3, -0.25) is 9.36 Å². The summed E-state index contributed by atoms with van der Waals surface area (Å²) in [6, 6.07) is 19.4. The van der Waals surface area contributed by atoms with Crippen LogP contribution in [0.5, 0.6) is 17.2 Å². The molecule has 8 nitrogen and oxygen atoms in total. The van der Waals surface area contributed by atoms with E-state index in [1.165, 1.54) is 18.4 Å². The summed E-state index contributed by atoms with van der Waals surface area (Å²) >= 11 is 4.75. The summed E-state index contributed by atoms with van der Waals surface area (Å²) in [5, 5.41) is 0. The topological polar surface area (TPSA) is 88.4 Å². The number of carbonyl (C=O) groups is 1. The van der Waals surface area contributed by atoms with Crippen molar-refractivity contribution in [3.63, 3.8) is 0 Å². The number of hydrogen-bond donors (Lipinski definition) is 0. The highest BCUT2D eigenvalue weighted by Gasteiger charge is 2.35. The van der Waals surface area contributed by atoms with Gasteiger partial charge in [0.1, 0.15) is 12.4 Å². The van der Waals surface area contributed by atoms with Crippen LogP contribution in [0.25, 0.3) is 11.8 Å². The number of halogens is 1. The van der Waals surface area contributed by atoms with E-state index < -0.39 is 12.0 Å². The smallest absolute Gasteiger partial charge is 0.338 e. The first-order valence-corrected chi connectivity index (χ1v) is 14.9. The summed E-state index contributed by atoms with van der Waals surface area (Å²) < 4.78 is 24.6. The van der Waals surface area contributed by atoms with E-state index in [0.29, 0.717) is 47.9 Å². The minimum Gasteiger partial charge on any atom is -0.497 e. The SMILES string of the molecule is C#CCOc1c(Br)cc(/C=c2\sc3n(c2=O)[C@H](c2ccc(OC)cc2)C(C(=O)OCC)=C(c2ccccc2)N=3)cc1OC. The maximum absolute atomic E-state index is 14.1. The number of thiazole rings is 1. The molecular formula is C33H27BrN2O6S. The molecule has 218 valence electrons. The van der Waals surface area contributed by atoms with Gasteiger partial charge in [-0.2, -0.15) is 0 Å². The molecule has 0 saturated heterocycles. The van der Waals surface area contributed by atoms with E-state index in [-0.39, 0.29) is 24.3 Å². The van der Waals surface area contributed by atoms with Crippen LogP contribution in [0.2, 0.25) is 0 Å². The lowest BCUT2D eigenvalue weighted by Crippen LogP contribution is -2.40. The first-order valence-electron chi connectivity index (χ1n) is 13.3. The number of rotatable bonds is 9. The molecule has 2 heterocycles. The first kappa shape index (κ1) is 29.9. The number of nitrogens with zero attached hydrogens (tertiary/aromatic N) is 2. The molecule has 0 amide bonds. The Labute approximate surface area is 260 Å². The molecule has 4 aromatic rings. The van der Waals surface area contributed by atoms with Gasteiger partial charge in [-0.25, -0.2) is 9.79 Å². The van der Waals surface area contributed by atoms with E-state index in [9.17, 15) is 9.59 Å². The second kappa shape index (κ2) is 13.2. The zero-order valence-corrected chi connectivity index (χ0v) is 26.0. The third-order valence-electron chi connectivity index (χ3n) is 6.65. The Bertz CT molecular complexity index is 1920. The zero-order chi connectivity index (χ0) is 30.5. The standard InChI is InChI=1S/C33H27BrN2O6S/c1-5-16-42-30-24(34)17-20(18-25(30)40-4)19-26-31(37)36-29(22-12-14-23(39-3)15-13-22)27(32(38)41-6-2)28(35-33(36)43-26)21-10-8-7-9-11-21/h1,7-15,17-19,29H,6,16H2,2-4H3/b26-19-/t29-/m1/s1. The molecule has 0 unspecified atom stereocenters. The van der Waals surface area contributed by atoms with Crippen LogP contribution >= 0.6 is 27.3 Å². The predicted molar refractivity (Wildman–Crippen MR) is 169 cm³/mol. The Morgan fingerprint density at radius 2 is 1.86 bits per heavy atom. The van der Waals surface area contributed by atoms with Gasteiger partial charge in [0.2, 0.25) is 0 Å². The maximum Gasteiger partial charge on any atom is 0.338 e. The minimum atomic E-state index is -0.792. The fourth-order valence-electron chi connectivity index (χ4n) is 4.77. The van der Waals surface area contributed by atoms with Crippen molar-refractivity contribution in [2.45, 2.75) is 13.0 Å². The molecule has 0 spiro atoms. The average Bonchev–Trinajstić information content (AvgIpc) is 3.34. The number of methoxy groups -OCH3 is 2. The fraction of sp³-hybridized carbons (Fsp3) is 0.182. The molecule has 0 radical (unpaired) electrons. The van der Waals surface area contributed by atoms with E-state index in [2.05, 4.69) is 21.9 Å². The molecule has 43 heavy (non-hydrogen) atoms. The number of hydrogen-bond acceptors (Lipinski definition) is 8. The predicted octanol–water partition coefficient (Wildman–Crippen LogP) is 4.73. The summed E-state index contributed by atoms with van der Waals surface area (Å²) in [5.41, 5.74) is 2.55.